The third kappa shape index (κ3) is 5.77. The van der Waals surface area contributed by atoms with Crippen LogP contribution < -0.4 is 5.32 Å². The Bertz CT molecular complexity index is 977. The molecule has 3 aromatic rings. The van der Waals surface area contributed by atoms with Crippen LogP contribution in [0.15, 0.2) is 61.1 Å². The summed E-state index contributed by atoms with van der Waals surface area (Å²) in [5.74, 6) is -0.259. The van der Waals surface area contributed by atoms with Gasteiger partial charge in [0.2, 0.25) is 5.91 Å². The zero-order valence-corrected chi connectivity index (χ0v) is 16.0. The van der Waals surface area contributed by atoms with Gasteiger partial charge < -0.3 is 5.32 Å². The number of nitrogens with zero attached hydrogens (tertiary/aromatic N) is 2. The molecule has 0 aliphatic carbocycles. The maximum atomic E-state index is 12.9. The molecule has 0 unspecified atom stereocenters. The minimum atomic E-state index is -4.52. The lowest BCUT2D eigenvalue weighted by Gasteiger charge is -2.11. The van der Waals surface area contributed by atoms with E-state index in [9.17, 15) is 18.0 Å². The van der Waals surface area contributed by atoms with Gasteiger partial charge in [-0.3, -0.25) is 14.8 Å². The molecule has 0 saturated heterocycles. The van der Waals surface area contributed by atoms with E-state index < -0.39 is 11.7 Å². The van der Waals surface area contributed by atoms with Crippen LogP contribution in [0.2, 0.25) is 5.02 Å². The van der Waals surface area contributed by atoms with Gasteiger partial charge in [-0.2, -0.15) is 13.2 Å². The first-order chi connectivity index (χ1) is 13.8. The Balaban J connectivity index is 1.52. The number of rotatable bonds is 6. The maximum absolute atomic E-state index is 12.9. The Morgan fingerprint density at radius 1 is 1.07 bits per heavy atom. The zero-order valence-electron chi connectivity index (χ0n) is 15.2. The lowest BCUT2D eigenvalue weighted by atomic mass is 10.1. The highest BCUT2D eigenvalue weighted by Gasteiger charge is 2.33. The van der Waals surface area contributed by atoms with Crippen molar-refractivity contribution in [1.29, 1.82) is 0 Å². The van der Waals surface area contributed by atoms with Crippen LogP contribution in [0.25, 0.3) is 11.3 Å². The second-order valence-electron chi connectivity index (χ2n) is 6.38. The number of nitrogens with one attached hydrogen (secondary N) is 1. The molecule has 2 aromatic heterocycles. The van der Waals surface area contributed by atoms with Crippen LogP contribution in [-0.4, -0.2) is 15.9 Å². The number of benzene rings is 1. The summed E-state index contributed by atoms with van der Waals surface area (Å²) < 4.78 is 38.7. The highest BCUT2D eigenvalue weighted by atomic mass is 35.5. The van der Waals surface area contributed by atoms with E-state index >= 15 is 0 Å². The number of aryl methyl sites for hydroxylation is 1. The number of pyridine rings is 2. The highest BCUT2D eigenvalue weighted by Crippen LogP contribution is 2.35. The fourth-order valence-electron chi connectivity index (χ4n) is 2.71. The SMILES string of the molecule is O=C(CCc1ccc(Cl)c(C(F)(F)F)c1)NCc1ccc(-c2cccnc2)nc1. The molecule has 0 aliphatic rings. The van der Waals surface area contributed by atoms with Gasteiger partial charge in [0.1, 0.15) is 0 Å². The first-order valence-electron chi connectivity index (χ1n) is 8.80. The van der Waals surface area contributed by atoms with Gasteiger partial charge in [0.15, 0.2) is 0 Å². The van der Waals surface area contributed by atoms with Crippen molar-refractivity contribution in [3.05, 3.63) is 82.8 Å². The fourth-order valence-corrected chi connectivity index (χ4v) is 2.93. The smallest absolute Gasteiger partial charge is 0.352 e. The topological polar surface area (TPSA) is 54.9 Å². The van der Waals surface area contributed by atoms with E-state index in [0.29, 0.717) is 5.56 Å². The number of hydrogen-bond acceptors (Lipinski definition) is 3. The largest absolute Gasteiger partial charge is 0.417 e. The number of hydrogen-bond donors (Lipinski definition) is 1. The van der Waals surface area contributed by atoms with Crippen molar-refractivity contribution in [3.63, 3.8) is 0 Å². The molecule has 0 aliphatic heterocycles. The Kier molecular flexibility index (Phi) is 6.49. The molecular weight excluding hydrogens is 403 g/mol. The molecule has 1 aromatic carbocycles. The zero-order chi connectivity index (χ0) is 20.9. The summed E-state index contributed by atoms with van der Waals surface area (Å²) >= 11 is 5.60. The number of alkyl halides is 3. The minimum absolute atomic E-state index is 0.0696. The monoisotopic (exact) mass is 419 g/mol. The molecule has 29 heavy (non-hydrogen) atoms. The summed E-state index contributed by atoms with van der Waals surface area (Å²) in [6, 6.07) is 11.1. The van der Waals surface area contributed by atoms with E-state index in [1.165, 1.54) is 12.1 Å². The Morgan fingerprint density at radius 3 is 2.52 bits per heavy atom. The number of carbonyl (C=O) groups is 1. The molecule has 0 spiro atoms. The Morgan fingerprint density at radius 2 is 1.86 bits per heavy atom. The Hall–Kier alpha value is -2.93. The van der Waals surface area contributed by atoms with Crippen molar-refractivity contribution in [3.8, 4) is 11.3 Å². The molecular formula is C21H17ClF3N3O. The van der Waals surface area contributed by atoms with Crippen LogP contribution in [0.5, 0.6) is 0 Å². The number of aromatic nitrogens is 2. The highest BCUT2D eigenvalue weighted by molar-refractivity contribution is 6.31. The van der Waals surface area contributed by atoms with Crippen LogP contribution >= 0.6 is 11.6 Å². The van der Waals surface area contributed by atoms with E-state index in [1.54, 1.807) is 18.6 Å². The Labute approximate surface area is 170 Å². The van der Waals surface area contributed by atoms with Gasteiger partial charge in [0.05, 0.1) is 16.3 Å². The van der Waals surface area contributed by atoms with E-state index in [0.717, 1.165) is 22.9 Å². The van der Waals surface area contributed by atoms with Crippen LogP contribution in [0.3, 0.4) is 0 Å². The summed E-state index contributed by atoms with van der Waals surface area (Å²) in [5, 5.41) is 2.39. The van der Waals surface area contributed by atoms with Gasteiger partial charge in [-0.15, -0.1) is 0 Å². The van der Waals surface area contributed by atoms with Crippen molar-refractivity contribution < 1.29 is 18.0 Å². The van der Waals surface area contributed by atoms with Crippen molar-refractivity contribution in [2.45, 2.75) is 25.6 Å². The first kappa shape index (κ1) is 20.8. The van der Waals surface area contributed by atoms with Gasteiger partial charge in [0, 0.05) is 37.1 Å². The summed E-state index contributed by atoms with van der Waals surface area (Å²) in [7, 11) is 0. The predicted molar refractivity (Wildman–Crippen MR) is 104 cm³/mol. The molecule has 0 radical (unpaired) electrons. The minimum Gasteiger partial charge on any atom is -0.352 e. The lowest BCUT2D eigenvalue weighted by Crippen LogP contribution is -2.23. The van der Waals surface area contributed by atoms with E-state index in [4.69, 9.17) is 11.6 Å². The van der Waals surface area contributed by atoms with Gasteiger partial charge in [-0.25, -0.2) is 0 Å². The van der Waals surface area contributed by atoms with Gasteiger partial charge in [-0.05, 0) is 47.9 Å². The van der Waals surface area contributed by atoms with Crippen LogP contribution in [-0.2, 0) is 23.9 Å². The molecule has 0 atom stereocenters. The van der Waals surface area contributed by atoms with Gasteiger partial charge >= 0.3 is 6.18 Å². The number of halogens is 4. The summed E-state index contributed by atoms with van der Waals surface area (Å²) in [4.78, 5) is 20.4. The summed E-state index contributed by atoms with van der Waals surface area (Å²) in [5.41, 5.74) is 1.99. The second kappa shape index (κ2) is 9.05. The van der Waals surface area contributed by atoms with E-state index in [2.05, 4.69) is 15.3 Å². The van der Waals surface area contributed by atoms with Crippen LogP contribution in [0.4, 0.5) is 13.2 Å². The summed E-state index contributed by atoms with van der Waals surface area (Å²) in [6.45, 7) is 0.285. The molecule has 3 rings (SSSR count). The molecule has 2 heterocycles. The van der Waals surface area contributed by atoms with E-state index in [-0.39, 0.29) is 30.3 Å². The van der Waals surface area contributed by atoms with Crippen molar-refractivity contribution in [2.24, 2.45) is 0 Å². The third-order valence-electron chi connectivity index (χ3n) is 4.25. The van der Waals surface area contributed by atoms with Gasteiger partial charge in [0.25, 0.3) is 0 Å². The van der Waals surface area contributed by atoms with E-state index in [1.807, 2.05) is 24.3 Å². The molecule has 0 saturated carbocycles. The van der Waals surface area contributed by atoms with Gasteiger partial charge in [-0.1, -0.05) is 23.7 Å². The quantitative estimate of drug-likeness (QED) is 0.607. The second-order valence-corrected chi connectivity index (χ2v) is 6.79. The average molecular weight is 420 g/mol. The van der Waals surface area contributed by atoms with Crippen molar-refractivity contribution in [1.82, 2.24) is 15.3 Å². The van der Waals surface area contributed by atoms with Crippen molar-refractivity contribution in [2.75, 3.05) is 0 Å². The summed E-state index contributed by atoms with van der Waals surface area (Å²) in [6.07, 6.45) is 0.790. The molecule has 1 N–H and O–H groups in total. The number of carbonyl (C=O) groups excluding carboxylic acids is 1. The first-order valence-corrected chi connectivity index (χ1v) is 9.18. The molecule has 4 nitrogen and oxygen atoms in total. The lowest BCUT2D eigenvalue weighted by molar-refractivity contribution is -0.137. The fraction of sp³-hybridized carbons (Fsp3) is 0.190. The van der Waals surface area contributed by atoms with Crippen LogP contribution in [0, 0.1) is 0 Å². The predicted octanol–water partition coefficient (Wildman–Crippen LogP) is 5.06. The average Bonchev–Trinajstić information content (AvgIpc) is 2.72. The standard InChI is InChI=1S/C21H17ClF3N3O/c22-18-6-3-14(10-17(18)21(23,24)25)5-8-20(29)28-12-15-4-7-19(27-11-15)16-2-1-9-26-13-16/h1-4,6-7,9-11,13H,5,8,12H2,(H,28,29). The molecule has 8 heteroatoms. The van der Waals surface area contributed by atoms with Crippen LogP contribution in [0.1, 0.15) is 23.1 Å². The van der Waals surface area contributed by atoms with Crippen molar-refractivity contribution >= 4 is 17.5 Å². The number of amides is 1. The molecule has 0 fully saturated rings. The molecule has 0 bridgehead atoms. The normalized spacial score (nSPS) is 11.3. The maximum Gasteiger partial charge on any atom is 0.417 e. The molecule has 150 valence electrons. The molecule has 1 amide bonds. The third-order valence-corrected chi connectivity index (χ3v) is 4.58.